The minimum Gasteiger partial charge on any atom is -0.352 e. The number of nitrogens with one attached hydrogen (secondary N) is 1. The highest BCUT2D eigenvalue weighted by atomic mass is 32.2. The molecule has 0 aromatic heterocycles. The Balaban J connectivity index is 5.29. The molecule has 0 bridgehead atoms. The predicted molar refractivity (Wildman–Crippen MR) is 91.6 cm³/mol. The molecular formula is C17H27NOS. The molecule has 0 fully saturated rings. The average molecular weight is 293 g/mol. The van der Waals surface area contributed by atoms with Crippen molar-refractivity contribution in [1.82, 2.24) is 5.32 Å². The monoisotopic (exact) mass is 293 g/mol. The van der Waals surface area contributed by atoms with E-state index in [1.54, 1.807) is 11.8 Å². The fourth-order valence-corrected chi connectivity index (χ4v) is 2.58. The molecule has 0 saturated carbocycles. The topological polar surface area (TPSA) is 29.1 Å². The van der Waals surface area contributed by atoms with Gasteiger partial charge in [-0.1, -0.05) is 56.0 Å². The van der Waals surface area contributed by atoms with Crippen molar-refractivity contribution in [1.29, 1.82) is 0 Å². The van der Waals surface area contributed by atoms with Crippen LogP contribution in [0.4, 0.5) is 0 Å². The van der Waals surface area contributed by atoms with E-state index in [1.807, 2.05) is 32.9 Å². The zero-order valence-electron chi connectivity index (χ0n) is 13.3. The van der Waals surface area contributed by atoms with Crippen LogP contribution in [-0.4, -0.2) is 12.5 Å². The van der Waals surface area contributed by atoms with Crippen LogP contribution in [0.1, 0.15) is 47.5 Å². The number of allylic oxidation sites excluding steroid dienone is 6. The SMILES string of the molecule is C\C=C/C(C)=C(\C=C\CC)S/C(=C/CC)C(=O)NCC. The van der Waals surface area contributed by atoms with Crippen LogP contribution in [0.2, 0.25) is 0 Å². The molecule has 0 saturated heterocycles. The molecule has 0 aliphatic rings. The van der Waals surface area contributed by atoms with Gasteiger partial charge in [-0.3, -0.25) is 4.79 Å². The first kappa shape index (κ1) is 18.8. The first-order valence-corrected chi connectivity index (χ1v) is 8.08. The van der Waals surface area contributed by atoms with E-state index < -0.39 is 0 Å². The minimum atomic E-state index is 0.00928. The molecule has 0 aliphatic heterocycles. The summed E-state index contributed by atoms with van der Waals surface area (Å²) in [7, 11) is 0. The van der Waals surface area contributed by atoms with Gasteiger partial charge >= 0.3 is 0 Å². The summed E-state index contributed by atoms with van der Waals surface area (Å²) < 4.78 is 0. The molecule has 0 unspecified atom stereocenters. The zero-order chi connectivity index (χ0) is 15.4. The first-order chi connectivity index (χ1) is 9.60. The predicted octanol–water partition coefficient (Wildman–Crippen LogP) is 4.97. The molecule has 0 aromatic carbocycles. The van der Waals surface area contributed by atoms with E-state index in [-0.39, 0.29) is 5.91 Å². The molecule has 1 amide bonds. The van der Waals surface area contributed by atoms with Crippen LogP contribution in [0, 0.1) is 0 Å². The van der Waals surface area contributed by atoms with Crippen molar-refractivity contribution in [2.24, 2.45) is 0 Å². The highest BCUT2D eigenvalue weighted by molar-refractivity contribution is 8.07. The third-order valence-corrected chi connectivity index (χ3v) is 3.73. The number of likely N-dealkylation sites (N-methyl/N-ethyl adjacent to an activating group) is 1. The third kappa shape index (κ3) is 7.39. The number of carbonyl (C=O) groups excluding carboxylic acids is 1. The summed E-state index contributed by atoms with van der Waals surface area (Å²) in [5.74, 6) is 0.00928. The van der Waals surface area contributed by atoms with Crippen molar-refractivity contribution in [3.8, 4) is 0 Å². The lowest BCUT2D eigenvalue weighted by Crippen LogP contribution is -2.23. The summed E-state index contributed by atoms with van der Waals surface area (Å²) in [4.78, 5) is 14.0. The Kier molecular flexibility index (Phi) is 10.9. The largest absolute Gasteiger partial charge is 0.352 e. The van der Waals surface area contributed by atoms with Crippen molar-refractivity contribution in [3.63, 3.8) is 0 Å². The Morgan fingerprint density at radius 2 is 1.85 bits per heavy atom. The van der Waals surface area contributed by atoms with E-state index in [0.717, 1.165) is 22.7 Å². The highest BCUT2D eigenvalue weighted by Crippen LogP contribution is 2.30. The number of thioether (sulfide) groups is 1. The van der Waals surface area contributed by atoms with Crippen LogP contribution >= 0.6 is 11.8 Å². The molecule has 0 rings (SSSR count). The van der Waals surface area contributed by atoms with Crippen molar-refractivity contribution < 1.29 is 4.79 Å². The molecular weight excluding hydrogens is 266 g/mol. The highest BCUT2D eigenvalue weighted by Gasteiger charge is 2.11. The summed E-state index contributed by atoms with van der Waals surface area (Å²) in [5.41, 5.74) is 1.17. The fourth-order valence-electron chi connectivity index (χ4n) is 1.54. The fraction of sp³-hybridized carbons (Fsp3) is 0.471. The standard InChI is InChI=1S/C17H27NOS/c1-6-10-13-15(14(5)11-7-2)20-16(12-8-3)17(19)18-9-4/h7,10-13H,6,8-9H2,1-5H3,(H,18,19)/b11-7-,13-10+,15-14+,16-12+. The van der Waals surface area contributed by atoms with Gasteiger partial charge in [-0.05, 0) is 39.2 Å². The van der Waals surface area contributed by atoms with E-state index in [4.69, 9.17) is 0 Å². The Morgan fingerprint density at radius 3 is 2.35 bits per heavy atom. The summed E-state index contributed by atoms with van der Waals surface area (Å²) in [6.45, 7) is 10.8. The molecule has 0 atom stereocenters. The Labute approximate surface area is 128 Å². The molecule has 0 heterocycles. The zero-order valence-corrected chi connectivity index (χ0v) is 14.1. The van der Waals surface area contributed by atoms with Gasteiger partial charge in [0.2, 0.25) is 0 Å². The lowest BCUT2D eigenvalue weighted by Gasteiger charge is -2.10. The van der Waals surface area contributed by atoms with E-state index in [0.29, 0.717) is 6.54 Å². The number of hydrogen-bond acceptors (Lipinski definition) is 2. The van der Waals surface area contributed by atoms with Gasteiger partial charge in [0.25, 0.3) is 5.91 Å². The van der Waals surface area contributed by atoms with Gasteiger partial charge in [-0.2, -0.15) is 0 Å². The number of amides is 1. The van der Waals surface area contributed by atoms with Gasteiger partial charge in [0.05, 0.1) is 4.91 Å². The van der Waals surface area contributed by atoms with Gasteiger partial charge in [0, 0.05) is 11.4 Å². The maximum absolute atomic E-state index is 12.1. The lowest BCUT2D eigenvalue weighted by atomic mass is 10.2. The van der Waals surface area contributed by atoms with E-state index in [2.05, 4.69) is 37.4 Å². The van der Waals surface area contributed by atoms with Gasteiger partial charge in [-0.15, -0.1) is 0 Å². The van der Waals surface area contributed by atoms with Crippen LogP contribution in [0.15, 0.2) is 45.8 Å². The van der Waals surface area contributed by atoms with Crippen LogP contribution in [0.5, 0.6) is 0 Å². The summed E-state index contributed by atoms with van der Waals surface area (Å²) >= 11 is 1.54. The smallest absolute Gasteiger partial charge is 0.257 e. The maximum Gasteiger partial charge on any atom is 0.257 e. The summed E-state index contributed by atoms with van der Waals surface area (Å²) in [6.07, 6.45) is 12.1. The second-order valence-electron chi connectivity index (χ2n) is 4.30. The molecule has 0 aromatic rings. The van der Waals surface area contributed by atoms with Gasteiger partial charge in [0.1, 0.15) is 0 Å². The van der Waals surface area contributed by atoms with Crippen molar-refractivity contribution in [2.45, 2.75) is 47.5 Å². The van der Waals surface area contributed by atoms with Crippen molar-refractivity contribution in [2.75, 3.05) is 6.54 Å². The molecule has 0 spiro atoms. The number of carbonyl (C=O) groups is 1. The van der Waals surface area contributed by atoms with E-state index in [9.17, 15) is 4.79 Å². The summed E-state index contributed by atoms with van der Waals surface area (Å²) in [6, 6.07) is 0. The lowest BCUT2D eigenvalue weighted by molar-refractivity contribution is -0.116. The van der Waals surface area contributed by atoms with Gasteiger partial charge < -0.3 is 5.32 Å². The van der Waals surface area contributed by atoms with E-state index in [1.165, 1.54) is 5.57 Å². The van der Waals surface area contributed by atoms with Crippen LogP contribution < -0.4 is 5.32 Å². The molecule has 3 heteroatoms. The molecule has 0 aliphatic carbocycles. The quantitative estimate of drug-likeness (QED) is 0.506. The van der Waals surface area contributed by atoms with Crippen molar-refractivity contribution in [3.05, 3.63) is 45.8 Å². The van der Waals surface area contributed by atoms with E-state index >= 15 is 0 Å². The second kappa shape index (κ2) is 11.6. The minimum absolute atomic E-state index is 0.00928. The molecule has 0 radical (unpaired) electrons. The van der Waals surface area contributed by atoms with Crippen LogP contribution in [0.25, 0.3) is 0 Å². The maximum atomic E-state index is 12.1. The Morgan fingerprint density at radius 1 is 1.15 bits per heavy atom. The van der Waals surface area contributed by atoms with Gasteiger partial charge in [-0.25, -0.2) is 0 Å². The third-order valence-electron chi connectivity index (χ3n) is 2.48. The summed E-state index contributed by atoms with van der Waals surface area (Å²) in [5, 5.41) is 2.87. The molecule has 112 valence electrons. The number of rotatable bonds is 8. The van der Waals surface area contributed by atoms with Crippen molar-refractivity contribution >= 4 is 17.7 Å². The molecule has 2 nitrogen and oxygen atoms in total. The van der Waals surface area contributed by atoms with Crippen LogP contribution in [0.3, 0.4) is 0 Å². The molecule has 20 heavy (non-hydrogen) atoms. The van der Waals surface area contributed by atoms with Gasteiger partial charge in [0.15, 0.2) is 0 Å². The normalized spacial score (nSPS) is 13.9. The molecule has 1 N–H and O–H groups in total. The average Bonchev–Trinajstić information content (AvgIpc) is 2.42. The number of hydrogen-bond donors (Lipinski definition) is 1. The second-order valence-corrected chi connectivity index (χ2v) is 5.38. The van der Waals surface area contributed by atoms with Crippen LogP contribution in [-0.2, 0) is 4.79 Å². The Bertz CT molecular complexity index is 417. The first-order valence-electron chi connectivity index (χ1n) is 7.26. The Hall–Kier alpha value is -1.22.